The summed E-state index contributed by atoms with van der Waals surface area (Å²) >= 11 is 0. The van der Waals surface area contributed by atoms with Gasteiger partial charge in [0.05, 0.1) is 17.1 Å². The molecule has 0 aliphatic rings. The van der Waals surface area contributed by atoms with Crippen molar-refractivity contribution in [3.05, 3.63) is 66.6 Å². The third-order valence-corrected chi connectivity index (χ3v) is 2.91. The smallest absolute Gasteiger partial charge is 0.125 e. The zero-order chi connectivity index (χ0) is 13.9. The van der Waals surface area contributed by atoms with Crippen molar-refractivity contribution < 1.29 is 9.50 Å². The van der Waals surface area contributed by atoms with E-state index in [1.165, 1.54) is 18.2 Å². The van der Waals surface area contributed by atoms with Crippen LogP contribution in [-0.4, -0.2) is 15.1 Å². The van der Waals surface area contributed by atoms with Gasteiger partial charge in [-0.3, -0.25) is 4.98 Å². The first kappa shape index (κ1) is 12.3. The summed E-state index contributed by atoms with van der Waals surface area (Å²) in [6.07, 6.45) is 1.68. The maximum Gasteiger partial charge on any atom is 0.125 e. The number of phenolic OH excluding ortho intramolecular Hbond substituents is 1. The highest BCUT2D eigenvalue weighted by molar-refractivity contribution is 5.69. The van der Waals surface area contributed by atoms with Crippen LogP contribution in [0.4, 0.5) is 4.39 Å². The summed E-state index contributed by atoms with van der Waals surface area (Å²) in [6, 6.07) is 14.7. The molecule has 98 valence electrons. The fraction of sp³-hybridized carbons (Fsp3) is 0. The number of halogens is 1. The first-order chi connectivity index (χ1) is 9.74. The zero-order valence-corrected chi connectivity index (χ0v) is 10.5. The van der Waals surface area contributed by atoms with E-state index in [9.17, 15) is 9.50 Å². The van der Waals surface area contributed by atoms with Crippen LogP contribution < -0.4 is 0 Å². The molecule has 0 saturated carbocycles. The van der Waals surface area contributed by atoms with Gasteiger partial charge in [0.1, 0.15) is 11.6 Å². The Morgan fingerprint density at radius 2 is 1.65 bits per heavy atom. The number of aromatic hydroxyl groups is 1. The molecule has 2 aromatic heterocycles. The zero-order valence-electron chi connectivity index (χ0n) is 10.5. The quantitative estimate of drug-likeness (QED) is 0.770. The van der Waals surface area contributed by atoms with Crippen LogP contribution in [-0.2, 0) is 0 Å². The van der Waals surface area contributed by atoms with E-state index in [-0.39, 0.29) is 5.75 Å². The minimum absolute atomic E-state index is 0.00271. The van der Waals surface area contributed by atoms with Gasteiger partial charge in [-0.25, -0.2) is 9.37 Å². The van der Waals surface area contributed by atoms with Crippen molar-refractivity contribution >= 4 is 0 Å². The van der Waals surface area contributed by atoms with Crippen LogP contribution in [0.2, 0.25) is 0 Å². The molecular formula is C16H11FN2O. The van der Waals surface area contributed by atoms with E-state index >= 15 is 0 Å². The average molecular weight is 266 g/mol. The minimum Gasteiger partial charge on any atom is -0.507 e. The molecule has 1 N–H and O–H groups in total. The number of rotatable bonds is 2. The summed E-state index contributed by atoms with van der Waals surface area (Å²) in [5.41, 5.74) is 2.27. The average Bonchev–Trinajstić information content (AvgIpc) is 2.51. The molecule has 0 aliphatic heterocycles. The van der Waals surface area contributed by atoms with Crippen LogP contribution in [0.25, 0.3) is 22.6 Å². The van der Waals surface area contributed by atoms with Gasteiger partial charge in [0.15, 0.2) is 0 Å². The lowest BCUT2D eigenvalue weighted by Gasteiger charge is -2.06. The molecular weight excluding hydrogens is 255 g/mol. The normalized spacial score (nSPS) is 10.4. The molecule has 0 spiro atoms. The first-order valence-corrected chi connectivity index (χ1v) is 6.11. The lowest BCUT2D eigenvalue weighted by atomic mass is 10.1. The number of aromatic nitrogens is 2. The molecule has 3 rings (SSSR count). The van der Waals surface area contributed by atoms with Crippen LogP contribution >= 0.6 is 0 Å². The van der Waals surface area contributed by atoms with Gasteiger partial charge in [0.2, 0.25) is 0 Å². The first-order valence-electron chi connectivity index (χ1n) is 6.11. The summed E-state index contributed by atoms with van der Waals surface area (Å²) in [4.78, 5) is 8.65. The van der Waals surface area contributed by atoms with Gasteiger partial charge in [-0.2, -0.15) is 0 Å². The lowest BCUT2D eigenvalue weighted by molar-refractivity contribution is 0.475. The molecule has 0 aliphatic carbocycles. The standard InChI is InChI=1S/C16H11FN2O/c17-11-7-8-16(20)12(10-11)13-5-3-6-15(19-13)14-4-1-2-9-18-14/h1-10,20H. The summed E-state index contributed by atoms with van der Waals surface area (Å²) in [5, 5.41) is 9.83. The molecule has 2 heterocycles. The van der Waals surface area contributed by atoms with Crippen LogP contribution in [0.5, 0.6) is 5.75 Å². The molecule has 0 unspecified atom stereocenters. The Balaban J connectivity index is 2.10. The molecule has 3 nitrogen and oxygen atoms in total. The maximum atomic E-state index is 13.3. The fourth-order valence-electron chi connectivity index (χ4n) is 1.96. The van der Waals surface area contributed by atoms with E-state index in [0.717, 1.165) is 5.69 Å². The molecule has 0 radical (unpaired) electrons. The van der Waals surface area contributed by atoms with Gasteiger partial charge in [-0.05, 0) is 42.5 Å². The second-order valence-corrected chi connectivity index (χ2v) is 4.28. The Bertz CT molecular complexity index is 744. The maximum absolute atomic E-state index is 13.3. The van der Waals surface area contributed by atoms with Gasteiger partial charge in [-0.15, -0.1) is 0 Å². The fourth-order valence-corrected chi connectivity index (χ4v) is 1.96. The summed E-state index contributed by atoms with van der Waals surface area (Å²) in [7, 11) is 0. The van der Waals surface area contributed by atoms with E-state index < -0.39 is 5.82 Å². The molecule has 0 atom stereocenters. The highest BCUT2D eigenvalue weighted by Crippen LogP contribution is 2.29. The van der Waals surface area contributed by atoms with Crippen molar-refractivity contribution in [3.8, 4) is 28.4 Å². The number of nitrogens with zero attached hydrogens (tertiary/aromatic N) is 2. The van der Waals surface area contributed by atoms with Crippen molar-refractivity contribution in [1.82, 2.24) is 9.97 Å². The SMILES string of the molecule is Oc1ccc(F)cc1-c1cccc(-c2ccccn2)n1. The third kappa shape index (κ3) is 2.36. The summed E-state index contributed by atoms with van der Waals surface area (Å²) in [6.45, 7) is 0. The van der Waals surface area contributed by atoms with Crippen molar-refractivity contribution in [3.63, 3.8) is 0 Å². The largest absolute Gasteiger partial charge is 0.507 e. The predicted octanol–water partition coefficient (Wildman–Crippen LogP) is 3.66. The molecule has 0 amide bonds. The van der Waals surface area contributed by atoms with Gasteiger partial charge in [0.25, 0.3) is 0 Å². The Morgan fingerprint density at radius 1 is 0.850 bits per heavy atom. The van der Waals surface area contributed by atoms with Gasteiger partial charge < -0.3 is 5.11 Å². The van der Waals surface area contributed by atoms with Crippen LogP contribution in [0, 0.1) is 5.82 Å². The number of hydrogen-bond acceptors (Lipinski definition) is 3. The predicted molar refractivity (Wildman–Crippen MR) is 74.5 cm³/mol. The van der Waals surface area contributed by atoms with E-state index in [1.807, 2.05) is 24.3 Å². The van der Waals surface area contributed by atoms with Gasteiger partial charge >= 0.3 is 0 Å². The van der Waals surface area contributed by atoms with Crippen molar-refractivity contribution in [1.29, 1.82) is 0 Å². The highest BCUT2D eigenvalue weighted by atomic mass is 19.1. The minimum atomic E-state index is -0.414. The highest BCUT2D eigenvalue weighted by Gasteiger charge is 2.09. The number of phenols is 1. The van der Waals surface area contributed by atoms with E-state index in [1.54, 1.807) is 18.3 Å². The van der Waals surface area contributed by atoms with Crippen LogP contribution in [0.1, 0.15) is 0 Å². The molecule has 0 fully saturated rings. The van der Waals surface area contributed by atoms with Crippen molar-refractivity contribution in [2.45, 2.75) is 0 Å². The molecule has 3 aromatic rings. The van der Waals surface area contributed by atoms with Gasteiger partial charge in [0, 0.05) is 11.8 Å². The second kappa shape index (κ2) is 5.09. The molecule has 20 heavy (non-hydrogen) atoms. The summed E-state index contributed by atoms with van der Waals surface area (Å²) < 4.78 is 13.3. The number of hydrogen-bond donors (Lipinski definition) is 1. The van der Waals surface area contributed by atoms with E-state index in [0.29, 0.717) is 17.0 Å². The second-order valence-electron chi connectivity index (χ2n) is 4.28. The number of benzene rings is 1. The Kier molecular flexibility index (Phi) is 3.13. The molecule has 1 aromatic carbocycles. The molecule has 0 bridgehead atoms. The third-order valence-electron chi connectivity index (χ3n) is 2.91. The van der Waals surface area contributed by atoms with Crippen molar-refractivity contribution in [2.75, 3.05) is 0 Å². The lowest BCUT2D eigenvalue weighted by Crippen LogP contribution is -1.90. The monoisotopic (exact) mass is 266 g/mol. The van der Waals surface area contributed by atoms with Crippen LogP contribution in [0.15, 0.2) is 60.8 Å². The Labute approximate surface area is 115 Å². The topological polar surface area (TPSA) is 46.0 Å². The molecule has 0 saturated heterocycles. The van der Waals surface area contributed by atoms with Crippen LogP contribution in [0.3, 0.4) is 0 Å². The van der Waals surface area contributed by atoms with E-state index in [2.05, 4.69) is 9.97 Å². The Hall–Kier alpha value is -2.75. The van der Waals surface area contributed by atoms with Crippen molar-refractivity contribution in [2.24, 2.45) is 0 Å². The van der Waals surface area contributed by atoms with E-state index in [4.69, 9.17) is 0 Å². The Morgan fingerprint density at radius 3 is 2.45 bits per heavy atom. The van der Waals surface area contributed by atoms with Gasteiger partial charge in [-0.1, -0.05) is 12.1 Å². The number of pyridine rings is 2. The molecule has 4 heteroatoms. The summed E-state index contributed by atoms with van der Waals surface area (Å²) in [5.74, 6) is -0.417.